The fourth-order valence-corrected chi connectivity index (χ4v) is 1.63. The zero-order chi connectivity index (χ0) is 9.42. The summed E-state index contributed by atoms with van der Waals surface area (Å²) in [6.07, 6.45) is 1.45. The van der Waals surface area contributed by atoms with Crippen LogP contribution in [0.1, 0.15) is 10.4 Å². The summed E-state index contributed by atoms with van der Waals surface area (Å²) in [5.41, 5.74) is 1.18. The first-order chi connectivity index (χ1) is 6.18. The van der Waals surface area contributed by atoms with Gasteiger partial charge in [0.05, 0.1) is 23.3 Å². The Morgan fingerprint density at radius 3 is 3.00 bits per heavy atom. The average molecular weight is 240 g/mol. The molecule has 0 bridgehead atoms. The van der Waals surface area contributed by atoms with E-state index in [0.29, 0.717) is 15.5 Å². The monoisotopic (exact) mass is 239 g/mol. The lowest BCUT2D eigenvalue weighted by molar-refractivity contribution is -0.254. The second kappa shape index (κ2) is 2.85. The van der Waals surface area contributed by atoms with Crippen LogP contribution in [-0.4, -0.2) is 15.9 Å². The number of carboxylic acid groups (broad SMARTS) is 1. The van der Waals surface area contributed by atoms with Gasteiger partial charge in [0.15, 0.2) is 0 Å². The molecule has 0 radical (unpaired) electrons. The molecule has 1 heterocycles. The van der Waals surface area contributed by atoms with E-state index in [0.717, 1.165) is 0 Å². The van der Waals surface area contributed by atoms with E-state index in [1.165, 1.54) is 12.4 Å². The number of carbonyl (C=O) groups is 1. The number of fused-ring (bicyclic) bond motifs is 1. The Morgan fingerprint density at radius 2 is 2.31 bits per heavy atom. The predicted molar refractivity (Wildman–Crippen MR) is 48.1 cm³/mol. The molecule has 0 amide bonds. The number of aromatic carboxylic acids is 1. The Hall–Kier alpha value is -1.36. The van der Waals surface area contributed by atoms with Gasteiger partial charge in [-0.2, -0.15) is 0 Å². The standard InChI is InChI=1S/C8H5BrN2O2/c9-4-1-5(8(12)13)7-6(2-4)10-3-11-7/h1-3H,(H,10,11)(H,12,13)/p-1. The van der Waals surface area contributed by atoms with Gasteiger partial charge in [0.25, 0.3) is 0 Å². The molecule has 4 nitrogen and oxygen atoms in total. The molecule has 66 valence electrons. The third kappa shape index (κ3) is 1.31. The van der Waals surface area contributed by atoms with Gasteiger partial charge in [-0.1, -0.05) is 15.9 Å². The van der Waals surface area contributed by atoms with Crippen molar-refractivity contribution in [2.45, 2.75) is 0 Å². The van der Waals surface area contributed by atoms with E-state index in [9.17, 15) is 9.90 Å². The first-order valence-corrected chi connectivity index (χ1v) is 4.32. The van der Waals surface area contributed by atoms with Crippen LogP contribution in [-0.2, 0) is 0 Å². The third-order valence-electron chi connectivity index (χ3n) is 1.71. The summed E-state index contributed by atoms with van der Waals surface area (Å²) in [4.78, 5) is 17.4. The molecule has 0 atom stereocenters. The predicted octanol–water partition coefficient (Wildman–Crippen LogP) is 0.689. The van der Waals surface area contributed by atoms with E-state index >= 15 is 0 Å². The summed E-state index contributed by atoms with van der Waals surface area (Å²) in [6.45, 7) is 0. The second-order valence-electron chi connectivity index (χ2n) is 2.54. The van der Waals surface area contributed by atoms with Crippen molar-refractivity contribution in [2.75, 3.05) is 0 Å². The maximum atomic E-state index is 10.7. The van der Waals surface area contributed by atoms with E-state index in [-0.39, 0.29) is 5.56 Å². The largest absolute Gasteiger partial charge is 0.545 e. The molecule has 0 saturated carbocycles. The lowest BCUT2D eigenvalue weighted by Gasteiger charge is -2.03. The molecule has 0 aliphatic carbocycles. The molecular formula is C8H4BrN2O2-. The summed E-state index contributed by atoms with van der Waals surface area (Å²) >= 11 is 3.20. The van der Waals surface area contributed by atoms with Crippen molar-refractivity contribution in [3.63, 3.8) is 0 Å². The van der Waals surface area contributed by atoms with Crippen molar-refractivity contribution >= 4 is 32.9 Å². The number of nitrogens with zero attached hydrogens (tertiary/aromatic N) is 1. The summed E-state index contributed by atoms with van der Waals surface area (Å²) < 4.78 is 0.684. The van der Waals surface area contributed by atoms with Crippen molar-refractivity contribution in [3.05, 3.63) is 28.5 Å². The molecule has 2 rings (SSSR count). The minimum atomic E-state index is -1.22. The minimum Gasteiger partial charge on any atom is -0.545 e. The molecule has 13 heavy (non-hydrogen) atoms. The van der Waals surface area contributed by atoms with Crippen LogP contribution in [0, 0.1) is 0 Å². The number of aromatic nitrogens is 2. The zero-order valence-corrected chi connectivity index (χ0v) is 7.96. The highest BCUT2D eigenvalue weighted by Gasteiger charge is 2.05. The molecule has 0 unspecified atom stereocenters. The van der Waals surface area contributed by atoms with Crippen LogP contribution in [0.3, 0.4) is 0 Å². The fourth-order valence-electron chi connectivity index (χ4n) is 1.17. The smallest absolute Gasteiger partial charge is 0.0973 e. The SMILES string of the molecule is O=C([O-])c1cc(Br)cc2[nH]cnc12. The highest BCUT2D eigenvalue weighted by molar-refractivity contribution is 9.10. The summed E-state index contributed by atoms with van der Waals surface area (Å²) in [5, 5.41) is 10.7. The number of H-pyrrole nitrogens is 1. The van der Waals surface area contributed by atoms with Gasteiger partial charge < -0.3 is 14.9 Å². The average Bonchev–Trinajstić information content (AvgIpc) is 2.49. The molecule has 1 aromatic heterocycles. The second-order valence-corrected chi connectivity index (χ2v) is 3.46. The summed E-state index contributed by atoms with van der Waals surface area (Å²) in [7, 11) is 0. The van der Waals surface area contributed by atoms with Gasteiger partial charge in [-0.15, -0.1) is 0 Å². The molecule has 0 fully saturated rings. The third-order valence-corrected chi connectivity index (χ3v) is 2.17. The Labute approximate surface area is 81.7 Å². The number of aromatic amines is 1. The van der Waals surface area contributed by atoms with E-state index < -0.39 is 5.97 Å². The van der Waals surface area contributed by atoms with Crippen LogP contribution in [0.5, 0.6) is 0 Å². The number of hydrogen-bond acceptors (Lipinski definition) is 3. The van der Waals surface area contributed by atoms with Crippen LogP contribution in [0.4, 0.5) is 0 Å². The van der Waals surface area contributed by atoms with Crippen LogP contribution in [0.15, 0.2) is 22.9 Å². The number of halogens is 1. The van der Waals surface area contributed by atoms with E-state index in [2.05, 4.69) is 25.9 Å². The number of carboxylic acids is 1. The Kier molecular flexibility index (Phi) is 1.81. The summed E-state index contributed by atoms with van der Waals surface area (Å²) in [6, 6.07) is 3.23. The van der Waals surface area contributed by atoms with Gasteiger partial charge in [-0.25, -0.2) is 4.98 Å². The number of hydrogen-bond donors (Lipinski definition) is 1. The number of benzene rings is 1. The van der Waals surface area contributed by atoms with Crippen LogP contribution >= 0.6 is 15.9 Å². The molecule has 1 N–H and O–H groups in total. The van der Waals surface area contributed by atoms with Crippen molar-refractivity contribution < 1.29 is 9.90 Å². The molecule has 1 aromatic carbocycles. The number of nitrogens with one attached hydrogen (secondary N) is 1. The van der Waals surface area contributed by atoms with Gasteiger partial charge in [0.2, 0.25) is 0 Å². The number of imidazole rings is 1. The van der Waals surface area contributed by atoms with E-state index in [1.807, 2.05) is 0 Å². The van der Waals surface area contributed by atoms with Crippen molar-refractivity contribution in [3.8, 4) is 0 Å². The van der Waals surface area contributed by atoms with Crippen LogP contribution in [0.25, 0.3) is 11.0 Å². The van der Waals surface area contributed by atoms with Crippen molar-refractivity contribution in [2.24, 2.45) is 0 Å². The lowest BCUT2D eigenvalue weighted by Crippen LogP contribution is -2.22. The fraction of sp³-hybridized carbons (Fsp3) is 0. The highest BCUT2D eigenvalue weighted by Crippen LogP contribution is 2.20. The quantitative estimate of drug-likeness (QED) is 0.797. The van der Waals surface area contributed by atoms with Gasteiger partial charge in [-0.05, 0) is 12.1 Å². The molecule has 0 saturated heterocycles. The molecule has 0 aliphatic heterocycles. The van der Waals surface area contributed by atoms with Gasteiger partial charge >= 0.3 is 0 Å². The Bertz CT molecular complexity index is 478. The van der Waals surface area contributed by atoms with Gasteiger partial charge in [0, 0.05) is 10.0 Å². The van der Waals surface area contributed by atoms with Crippen LogP contribution < -0.4 is 5.11 Å². The molecular weight excluding hydrogens is 236 g/mol. The Balaban J connectivity index is 2.84. The molecule has 2 aromatic rings. The Morgan fingerprint density at radius 1 is 1.54 bits per heavy atom. The summed E-state index contributed by atoms with van der Waals surface area (Å²) in [5.74, 6) is -1.22. The highest BCUT2D eigenvalue weighted by atomic mass is 79.9. The molecule has 5 heteroatoms. The molecule has 0 aliphatic rings. The number of carbonyl (C=O) groups excluding carboxylic acids is 1. The maximum absolute atomic E-state index is 10.7. The van der Waals surface area contributed by atoms with E-state index in [4.69, 9.17) is 0 Å². The van der Waals surface area contributed by atoms with E-state index in [1.54, 1.807) is 6.07 Å². The van der Waals surface area contributed by atoms with Crippen molar-refractivity contribution in [1.82, 2.24) is 9.97 Å². The molecule has 0 spiro atoms. The van der Waals surface area contributed by atoms with Crippen LogP contribution in [0.2, 0.25) is 0 Å². The first kappa shape index (κ1) is 8.25. The normalized spacial score (nSPS) is 10.5. The van der Waals surface area contributed by atoms with Gasteiger partial charge in [0.1, 0.15) is 0 Å². The zero-order valence-electron chi connectivity index (χ0n) is 6.37. The van der Waals surface area contributed by atoms with Gasteiger partial charge in [-0.3, -0.25) is 0 Å². The maximum Gasteiger partial charge on any atom is 0.0973 e. The minimum absolute atomic E-state index is 0.0885. The number of rotatable bonds is 1. The lowest BCUT2D eigenvalue weighted by atomic mass is 10.2. The van der Waals surface area contributed by atoms with Crippen molar-refractivity contribution in [1.29, 1.82) is 0 Å². The first-order valence-electron chi connectivity index (χ1n) is 3.52. The topological polar surface area (TPSA) is 68.8 Å².